The first-order valence-corrected chi connectivity index (χ1v) is 15.7. The van der Waals surface area contributed by atoms with Gasteiger partial charge in [0, 0.05) is 30.8 Å². The fourth-order valence-corrected chi connectivity index (χ4v) is 7.19. The smallest absolute Gasteiger partial charge is 0.280 e. The van der Waals surface area contributed by atoms with Gasteiger partial charge in [0.1, 0.15) is 5.75 Å². The first-order chi connectivity index (χ1) is 21.2. The number of carbonyl (C=O) groups excluding carboxylic acids is 1. The van der Waals surface area contributed by atoms with Crippen molar-refractivity contribution in [2.45, 2.75) is 17.9 Å². The summed E-state index contributed by atoms with van der Waals surface area (Å²) in [6.45, 7) is 0.653. The van der Waals surface area contributed by atoms with E-state index in [-0.39, 0.29) is 27.8 Å². The van der Waals surface area contributed by atoms with Gasteiger partial charge in [0.15, 0.2) is 0 Å². The third kappa shape index (κ3) is 5.80. The molecule has 0 radical (unpaired) electrons. The van der Waals surface area contributed by atoms with Crippen LogP contribution in [0.2, 0.25) is 0 Å². The first kappa shape index (κ1) is 29.1. The number of nitro groups is 1. The summed E-state index contributed by atoms with van der Waals surface area (Å²) in [5.41, 5.74) is 3.41. The minimum absolute atomic E-state index is 0.0704. The number of carbonyl (C=O) groups is 1. The highest BCUT2D eigenvalue weighted by Gasteiger charge is 2.29. The number of sulfonamides is 1. The molecule has 4 aromatic carbocycles. The Hall–Kier alpha value is -4.98. The highest BCUT2D eigenvalue weighted by Crippen LogP contribution is 2.33. The van der Waals surface area contributed by atoms with Gasteiger partial charge in [-0.1, -0.05) is 35.6 Å². The van der Waals surface area contributed by atoms with E-state index >= 15 is 0 Å². The highest BCUT2D eigenvalue weighted by atomic mass is 32.2. The van der Waals surface area contributed by atoms with E-state index in [2.05, 4.69) is 10.1 Å². The highest BCUT2D eigenvalue weighted by molar-refractivity contribution is 7.89. The minimum atomic E-state index is -3.79. The van der Waals surface area contributed by atoms with Gasteiger partial charge in [0.25, 0.3) is 11.6 Å². The van der Waals surface area contributed by atoms with Crippen LogP contribution < -0.4 is 9.75 Å². The van der Waals surface area contributed by atoms with Crippen molar-refractivity contribution in [1.82, 2.24) is 9.29 Å². The van der Waals surface area contributed by atoms with Crippen LogP contribution in [0.4, 0.5) is 10.8 Å². The number of hydrogen-bond acceptors (Lipinski definition) is 9. The molecule has 222 valence electrons. The lowest BCUT2D eigenvalue weighted by atomic mass is 10.0. The van der Waals surface area contributed by atoms with Crippen LogP contribution in [0.3, 0.4) is 0 Å². The molecule has 6 rings (SSSR count). The van der Waals surface area contributed by atoms with Crippen molar-refractivity contribution in [2.75, 3.05) is 18.7 Å². The Kier molecular flexibility index (Phi) is 7.91. The van der Waals surface area contributed by atoms with Crippen LogP contribution in [0, 0.1) is 10.1 Å². The number of thiazole rings is 1. The number of benzene rings is 4. The summed E-state index contributed by atoms with van der Waals surface area (Å²) < 4.78 is 34.4. The molecule has 0 saturated carbocycles. The molecule has 2 heterocycles. The number of rotatable bonds is 8. The molecular formula is C31H25N5O6S2. The second kappa shape index (κ2) is 12.0. The number of ether oxygens (including phenoxy) is 1. The summed E-state index contributed by atoms with van der Waals surface area (Å²) in [7, 11) is -2.23. The monoisotopic (exact) mass is 627 g/mol. The van der Waals surface area contributed by atoms with E-state index in [0.717, 1.165) is 20.8 Å². The second-order valence-electron chi connectivity index (χ2n) is 9.92. The molecule has 13 heteroatoms. The summed E-state index contributed by atoms with van der Waals surface area (Å²) in [6, 6.07) is 24.6. The predicted octanol–water partition coefficient (Wildman–Crippen LogP) is 5.64. The number of hydrogen-bond donors (Lipinski definition) is 0. The van der Waals surface area contributed by atoms with E-state index in [9.17, 15) is 23.3 Å². The van der Waals surface area contributed by atoms with E-state index < -0.39 is 20.9 Å². The van der Waals surface area contributed by atoms with Crippen molar-refractivity contribution in [3.05, 3.63) is 123 Å². The number of nitrogens with zero attached hydrogens (tertiary/aromatic N) is 5. The molecule has 0 aliphatic carbocycles. The first-order valence-electron chi connectivity index (χ1n) is 13.5. The maximum absolute atomic E-state index is 13.8. The predicted molar refractivity (Wildman–Crippen MR) is 168 cm³/mol. The van der Waals surface area contributed by atoms with Gasteiger partial charge in [-0.15, -0.1) is 0 Å². The maximum Gasteiger partial charge on any atom is 0.280 e. The van der Waals surface area contributed by atoms with Crippen LogP contribution in [-0.2, 0) is 23.0 Å². The Morgan fingerprint density at radius 2 is 1.77 bits per heavy atom. The normalized spacial score (nSPS) is 13.6. The molecule has 5 aromatic rings. The van der Waals surface area contributed by atoms with Crippen LogP contribution in [0.5, 0.6) is 5.75 Å². The molecule has 44 heavy (non-hydrogen) atoms. The molecule has 1 aromatic heterocycles. The summed E-state index contributed by atoms with van der Waals surface area (Å²) in [5, 5.41) is 16.8. The molecule has 1 amide bonds. The average molecular weight is 628 g/mol. The topological polar surface area (TPSA) is 135 Å². The van der Waals surface area contributed by atoms with E-state index in [1.54, 1.807) is 25.3 Å². The SMILES string of the molecule is COc1ccc2nc(N(/N=C/c3ccc([N+](=O)[O-])cc3)C(=O)c3ccc(S(=O)(=O)N4CCc5ccccc5C4)cc3)sc2c1. The van der Waals surface area contributed by atoms with Gasteiger partial charge >= 0.3 is 0 Å². The zero-order valence-electron chi connectivity index (χ0n) is 23.4. The fourth-order valence-electron chi connectivity index (χ4n) is 4.82. The molecule has 0 bridgehead atoms. The zero-order chi connectivity index (χ0) is 30.8. The van der Waals surface area contributed by atoms with Crippen molar-refractivity contribution < 1.29 is 22.9 Å². The van der Waals surface area contributed by atoms with Gasteiger partial charge in [0.2, 0.25) is 15.2 Å². The quantitative estimate of drug-likeness (QED) is 0.123. The number of nitro benzene ring substituents is 1. The van der Waals surface area contributed by atoms with Gasteiger partial charge in [0.05, 0.1) is 33.4 Å². The molecule has 0 N–H and O–H groups in total. The van der Waals surface area contributed by atoms with E-state index in [1.807, 2.05) is 24.3 Å². The Labute approximate surface area is 256 Å². The number of hydrazone groups is 1. The molecule has 0 fully saturated rings. The van der Waals surface area contributed by atoms with Crippen molar-refractivity contribution in [3.63, 3.8) is 0 Å². The number of anilines is 1. The standard InChI is InChI=1S/C31H25N5O6S2/c1-42-26-12-15-28-29(18-26)43-31(33-28)35(32-19-21-6-10-25(11-7-21)36(38)39)30(37)23-8-13-27(14-9-23)44(40,41)34-17-16-22-4-2-3-5-24(22)20-34/h2-15,18-19H,16-17,20H2,1H3/b32-19+. The summed E-state index contributed by atoms with van der Waals surface area (Å²) in [5.74, 6) is 0.0963. The lowest BCUT2D eigenvalue weighted by Gasteiger charge is -2.28. The van der Waals surface area contributed by atoms with E-state index in [0.29, 0.717) is 29.8 Å². The molecule has 0 spiro atoms. The van der Waals surface area contributed by atoms with Crippen molar-refractivity contribution >= 4 is 54.5 Å². The van der Waals surface area contributed by atoms with Crippen LogP contribution >= 0.6 is 11.3 Å². The number of fused-ring (bicyclic) bond motifs is 2. The van der Waals surface area contributed by atoms with Gasteiger partial charge in [-0.2, -0.15) is 14.4 Å². The third-order valence-corrected chi connectivity index (χ3v) is 10.1. The Morgan fingerprint density at radius 1 is 1.05 bits per heavy atom. The minimum Gasteiger partial charge on any atom is -0.497 e. The molecule has 11 nitrogen and oxygen atoms in total. The van der Waals surface area contributed by atoms with Gasteiger partial charge in [-0.25, -0.2) is 13.4 Å². The van der Waals surface area contributed by atoms with E-state index in [4.69, 9.17) is 4.74 Å². The number of non-ortho nitro benzene ring substituents is 1. The molecule has 0 atom stereocenters. The third-order valence-electron chi connectivity index (χ3n) is 7.22. The van der Waals surface area contributed by atoms with Gasteiger partial charge < -0.3 is 4.74 Å². The van der Waals surface area contributed by atoms with E-state index in [1.165, 1.54) is 70.4 Å². The van der Waals surface area contributed by atoms with Crippen molar-refractivity contribution in [3.8, 4) is 5.75 Å². The summed E-state index contributed by atoms with van der Waals surface area (Å²) in [4.78, 5) is 29.0. The largest absolute Gasteiger partial charge is 0.497 e. The van der Waals surface area contributed by atoms with Crippen LogP contribution in [-0.4, -0.2) is 48.4 Å². The number of amides is 1. The van der Waals surface area contributed by atoms with Crippen molar-refractivity contribution in [1.29, 1.82) is 0 Å². The van der Waals surface area contributed by atoms with Crippen LogP contribution in [0.15, 0.2) is 101 Å². The average Bonchev–Trinajstić information content (AvgIpc) is 3.47. The Bertz CT molecular complexity index is 2010. The summed E-state index contributed by atoms with van der Waals surface area (Å²) >= 11 is 1.23. The zero-order valence-corrected chi connectivity index (χ0v) is 25.0. The fraction of sp³-hybridized carbons (Fsp3) is 0.129. The molecule has 1 aliphatic rings. The lowest BCUT2D eigenvalue weighted by molar-refractivity contribution is -0.384. The number of methoxy groups -OCH3 is 1. The van der Waals surface area contributed by atoms with Crippen LogP contribution in [0.25, 0.3) is 10.2 Å². The van der Waals surface area contributed by atoms with Gasteiger partial charge in [-0.3, -0.25) is 14.9 Å². The molecule has 1 aliphatic heterocycles. The lowest BCUT2D eigenvalue weighted by Crippen LogP contribution is -2.36. The summed E-state index contributed by atoms with van der Waals surface area (Å²) in [6.07, 6.45) is 2.03. The Balaban J connectivity index is 1.30. The molecule has 0 unspecified atom stereocenters. The Morgan fingerprint density at radius 3 is 2.48 bits per heavy atom. The molecular weight excluding hydrogens is 603 g/mol. The second-order valence-corrected chi connectivity index (χ2v) is 12.9. The number of aromatic nitrogens is 1. The van der Waals surface area contributed by atoms with Crippen LogP contribution in [0.1, 0.15) is 27.0 Å². The maximum atomic E-state index is 13.8. The molecule has 0 saturated heterocycles. The van der Waals surface area contributed by atoms with Crippen molar-refractivity contribution in [2.24, 2.45) is 5.10 Å². The van der Waals surface area contributed by atoms with Gasteiger partial charge in [-0.05, 0) is 77.7 Å².